The van der Waals surface area contributed by atoms with E-state index < -0.39 is 0 Å². The summed E-state index contributed by atoms with van der Waals surface area (Å²) >= 11 is 0. The van der Waals surface area contributed by atoms with Crippen molar-refractivity contribution in [3.05, 3.63) is 332 Å². The molecule has 0 N–H and O–H groups in total. The van der Waals surface area contributed by atoms with Gasteiger partial charge in [-0.3, -0.25) is 0 Å². The molecule has 0 heteroatoms. The Labute approximate surface area is 483 Å². The van der Waals surface area contributed by atoms with Crippen LogP contribution in [-0.2, 0) is 16.2 Å². The molecule has 0 aromatic heterocycles. The van der Waals surface area contributed by atoms with Crippen molar-refractivity contribution in [1.29, 1.82) is 0 Å². The molecule has 18 rings (SSSR count). The van der Waals surface area contributed by atoms with Crippen LogP contribution in [0.15, 0.2) is 249 Å². The predicted molar refractivity (Wildman–Crippen MR) is 344 cm³/mol. The second-order valence-electron chi connectivity index (χ2n) is 24.9. The minimum Gasteiger partial charge on any atom is -0.0648 e. The number of aryl methyl sites for hydroxylation is 2. The Balaban J connectivity index is 0.000000109. The molecule has 0 amide bonds. The van der Waals surface area contributed by atoms with Gasteiger partial charge >= 0.3 is 0 Å². The lowest BCUT2D eigenvalue weighted by atomic mass is 9.64. The minimum atomic E-state index is -0.315. The highest BCUT2D eigenvalue weighted by Gasteiger charge is 2.57. The summed E-state index contributed by atoms with van der Waals surface area (Å²) in [7, 11) is 0. The van der Waals surface area contributed by atoms with Crippen LogP contribution in [-0.4, -0.2) is 0 Å². The van der Waals surface area contributed by atoms with Crippen LogP contribution in [0.3, 0.4) is 0 Å². The van der Waals surface area contributed by atoms with Crippen molar-refractivity contribution in [1.82, 2.24) is 0 Å². The van der Waals surface area contributed by atoms with Crippen LogP contribution in [0.1, 0.15) is 142 Å². The maximum absolute atomic E-state index is 2.48. The summed E-state index contributed by atoms with van der Waals surface area (Å²) in [6.45, 7) is 13.8. The summed E-state index contributed by atoms with van der Waals surface area (Å²) in [5, 5.41) is 5.58. The lowest BCUT2D eigenvalue weighted by molar-refractivity contribution is 0.660. The fraction of sp³-hybridized carbons (Fsp3) is 0.171. The van der Waals surface area contributed by atoms with Gasteiger partial charge in [-0.15, -0.1) is 0 Å². The van der Waals surface area contributed by atoms with E-state index in [2.05, 4.69) is 290 Å². The molecule has 0 heterocycles. The topological polar surface area (TPSA) is 0 Å². The molecular weight excluding hydrogens is 985 g/mol. The maximum Gasteiger partial charge on any atom is 0.0725 e. The van der Waals surface area contributed by atoms with Gasteiger partial charge in [0.15, 0.2) is 0 Å². The van der Waals surface area contributed by atoms with Crippen molar-refractivity contribution in [2.24, 2.45) is 0 Å². The first-order valence-corrected chi connectivity index (χ1v) is 30.1. The van der Waals surface area contributed by atoms with Crippen molar-refractivity contribution in [3.63, 3.8) is 0 Å². The Morgan fingerprint density at radius 2 is 0.707 bits per heavy atom. The smallest absolute Gasteiger partial charge is 0.0648 e. The van der Waals surface area contributed by atoms with Gasteiger partial charge in [-0.25, -0.2) is 0 Å². The van der Waals surface area contributed by atoms with Crippen molar-refractivity contribution >= 4 is 21.5 Å². The molecule has 0 aliphatic heterocycles. The van der Waals surface area contributed by atoms with Gasteiger partial charge in [-0.05, 0) is 194 Å². The van der Waals surface area contributed by atoms with Gasteiger partial charge in [-0.1, -0.05) is 276 Å². The first-order valence-electron chi connectivity index (χ1n) is 30.1. The molecule has 6 aliphatic carbocycles. The van der Waals surface area contributed by atoms with E-state index >= 15 is 0 Å². The van der Waals surface area contributed by atoms with Gasteiger partial charge in [0.2, 0.25) is 0 Å². The van der Waals surface area contributed by atoms with Crippen molar-refractivity contribution in [2.45, 2.75) is 88.4 Å². The van der Waals surface area contributed by atoms with Crippen LogP contribution in [0.2, 0.25) is 0 Å². The van der Waals surface area contributed by atoms with E-state index in [0.717, 1.165) is 6.42 Å². The molecule has 1 fully saturated rings. The molecule has 12 aromatic carbocycles. The van der Waals surface area contributed by atoms with E-state index in [4.69, 9.17) is 0 Å². The second kappa shape index (κ2) is 18.1. The normalized spacial score (nSPS) is 18.6. The standard InChI is InChI=1S/C37H26.C29H24.C16H16/c1-22-9-8-16-31-34(22)27-14-6-7-15-30(27)37(31)32-19-17-23-10-2-4-12-25(23)35(32)28-21-29(28)36-26-13-5-3-11-24(26)18-20-33(36)37;1-3-19(2)20-14-10-18-27-28(20)23-13-6-9-17-26(23)29(27)24-15-7-4-11-21(24)22-12-5-8-16-25(22)29;1-11-7-6-10-14-15(11)12-8-4-5-9-13(12)16(14,2)3/h2-20,28-29H,21H2,1H3;4-19H,3H2,1-2H3;4-10H,1-3H3. The minimum absolute atomic E-state index is 0.151. The lowest BCUT2D eigenvalue weighted by Gasteiger charge is -2.36. The summed E-state index contributed by atoms with van der Waals surface area (Å²) in [5.74, 6) is 1.66. The molecular formula is C82H66. The first kappa shape index (κ1) is 49.0. The molecule has 3 unspecified atom stereocenters. The second-order valence-corrected chi connectivity index (χ2v) is 24.9. The highest BCUT2D eigenvalue weighted by Crippen LogP contribution is 2.69. The van der Waals surface area contributed by atoms with Crippen LogP contribution in [0.25, 0.3) is 66.1 Å². The van der Waals surface area contributed by atoms with Crippen LogP contribution >= 0.6 is 0 Å². The fourth-order valence-electron chi connectivity index (χ4n) is 16.9. The van der Waals surface area contributed by atoms with Gasteiger partial charge in [0.1, 0.15) is 0 Å². The number of hydrogen-bond donors (Lipinski definition) is 0. The largest absolute Gasteiger partial charge is 0.0725 e. The Morgan fingerprint density at radius 3 is 1.23 bits per heavy atom. The van der Waals surface area contributed by atoms with Gasteiger partial charge in [0.25, 0.3) is 0 Å². The Bertz CT molecular complexity index is 4500. The van der Waals surface area contributed by atoms with E-state index in [0.29, 0.717) is 17.8 Å². The van der Waals surface area contributed by atoms with Gasteiger partial charge < -0.3 is 0 Å². The lowest BCUT2D eigenvalue weighted by Crippen LogP contribution is -2.30. The fourth-order valence-corrected chi connectivity index (χ4v) is 16.9. The van der Waals surface area contributed by atoms with Gasteiger partial charge in [0, 0.05) is 5.41 Å². The Hall–Kier alpha value is -8.84. The van der Waals surface area contributed by atoms with E-state index in [1.807, 2.05) is 0 Å². The number of benzene rings is 12. The average Bonchev–Trinajstić information content (AvgIpc) is 1.77. The molecule has 2 spiro atoms. The molecule has 0 saturated heterocycles. The zero-order valence-corrected chi connectivity index (χ0v) is 47.8. The third kappa shape index (κ3) is 6.50. The van der Waals surface area contributed by atoms with Crippen molar-refractivity contribution < 1.29 is 0 Å². The molecule has 6 aliphatic rings. The van der Waals surface area contributed by atoms with E-state index in [9.17, 15) is 0 Å². The molecule has 0 radical (unpaired) electrons. The van der Waals surface area contributed by atoms with E-state index in [-0.39, 0.29) is 16.2 Å². The summed E-state index contributed by atoms with van der Waals surface area (Å²) in [4.78, 5) is 0. The van der Waals surface area contributed by atoms with Crippen molar-refractivity contribution in [2.75, 3.05) is 0 Å². The van der Waals surface area contributed by atoms with E-state index in [1.165, 1.54) is 145 Å². The molecule has 12 aromatic rings. The van der Waals surface area contributed by atoms with Crippen LogP contribution in [0, 0.1) is 13.8 Å². The Morgan fingerprint density at radius 1 is 0.341 bits per heavy atom. The third-order valence-corrected chi connectivity index (χ3v) is 20.6. The molecule has 0 bridgehead atoms. The highest BCUT2D eigenvalue weighted by molar-refractivity contribution is 5.99. The number of fused-ring (bicyclic) bond motifs is 29. The zero-order chi connectivity index (χ0) is 55.2. The van der Waals surface area contributed by atoms with Crippen LogP contribution in [0.5, 0.6) is 0 Å². The van der Waals surface area contributed by atoms with Gasteiger partial charge in [-0.2, -0.15) is 0 Å². The third-order valence-electron chi connectivity index (χ3n) is 20.6. The van der Waals surface area contributed by atoms with Crippen LogP contribution < -0.4 is 0 Å². The summed E-state index contributed by atoms with van der Waals surface area (Å²) in [6, 6.07) is 93.5. The molecule has 1 saturated carbocycles. The molecule has 3 atom stereocenters. The average molecular weight is 1050 g/mol. The van der Waals surface area contributed by atoms with Gasteiger partial charge in [0.05, 0.1) is 10.8 Å². The number of hydrogen-bond acceptors (Lipinski definition) is 0. The quantitative estimate of drug-likeness (QED) is 0.162. The SMILES string of the molecule is CCC(C)c1cccc2c1-c1ccccc1C21c2ccccc2-c2ccccc21.Cc1cccc2c1-c1ccccc1C2(C)C.Cc1cccc2c1-c1ccccc1C21c2ccc3ccccc3c2C2CC2c2c1ccc1ccccc21. The molecule has 394 valence electrons. The zero-order valence-electron chi connectivity index (χ0n) is 47.8. The Kier molecular flexibility index (Phi) is 10.8. The maximum atomic E-state index is 2.48. The summed E-state index contributed by atoms with van der Waals surface area (Å²) < 4.78 is 0. The van der Waals surface area contributed by atoms with Crippen molar-refractivity contribution in [3.8, 4) is 44.5 Å². The summed E-state index contributed by atoms with van der Waals surface area (Å²) in [5.41, 5.74) is 32.8. The summed E-state index contributed by atoms with van der Waals surface area (Å²) in [6.07, 6.45) is 2.39. The van der Waals surface area contributed by atoms with Crippen LogP contribution in [0.4, 0.5) is 0 Å². The van der Waals surface area contributed by atoms with E-state index in [1.54, 1.807) is 11.1 Å². The first-order chi connectivity index (χ1) is 40.2. The highest BCUT2D eigenvalue weighted by atomic mass is 14.6. The molecule has 82 heavy (non-hydrogen) atoms. The monoisotopic (exact) mass is 1050 g/mol. The predicted octanol–water partition coefficient (Wildman–Crippen LogP) is 21.1. The molecule has 0 nitrogen and oxygen atoms in total. The number of rotatable bonds is 2.